The van der Waals surface area contributed by atoms with Crippen LogP contribution in [0, 0.1) is 6.92 Å². The van der Waals surface area contributed by atoms with E-state index < -0.39 is 0 Å². The number of phenols is 1. The number of allylic oxidation sites excluding steroid dienone is 1. The van der Waals surface area contributed by atoms with Gasteiger partial charge in [0.2, 0.25) is 0 Å². The lowest BCUT2D eigenvalue weighted by molar-refractivity contribution is -0.118. The second-order valence-electron chi connectivity index (χ2n) is 6.54. The molecule has 2 N–H and O–H groups in total. The quantitative estimate of drug-likeness (QED) is 0.191. The zero-order valence-corrected chi connectivity index (χ0v) is 19.4. The molecule has 0 aliphatic carbocycles. The fraction of sp³-hybridized carbons (Fsp3) is 0.182. The fourth-order valence-electron chi connectivity index (χ4n) is 2.51. The Labute approximate surface area is 193 Å². The number of thioether (sulfide) groups is 2. The number of carbonyl (C=O) groups excluding carboxylic acids is 1. The summed E-state index contributed by atoms with van der Waals surface area (Å²) in [4.78, 5) is 12.0. The maximum absolute atomic E-state index is 12.0. The molecule has 0 aliphatic heterocycles. The second-order valence-corrected chi connectivity index (χ2v) is 9.96. The number of aromatic nitrogens is 2. The molecule has 3 aromatic rings. The summed E-state index contributed by atoms with van der Waals surface area (Å²) in [5, 5.41) is 22.4. The first-order valence-electron chi connectivity index (χ1n) is 9.43. The summed E-state index contributed by atoms with van der Waals surface area (Å²) >= 11 is 4.42. The highest BCUT2D eigenvalue weighted by atomic mass is 32.2. The van der Waals surface area contributed by atoms with E-state index in [9.17, 15) is 9.90 Å². The van der Waals surface area contributed by atoms with Gasteiger partial charge in [0.25, 0.3) is 5.91 Å². The van der Waals surface area contributed by atoms with Crippen LogP contribution in [0.5, 0.6) is 5.75 Å². The summed E-state index contributed by atoms with van der Waals surface area (Å²) in [6.07, 6.45) is 3.70. The Morgan fingerprint density at radius 3 is 2.68 bits per heavy atom. The largest absolute Gasteiger partial charge is 0.507 e. The summed E-state index contributed by atoms with van der Waals surface area (Å²) in [5.41, 5.74) is 6.23. The molecule has 3 rings (SSSR count). The molecule has 1 amide bonds. The zero-order chi connectivity index (χ0) is 22.1. The van der Waals surface area contributed by atoms with E-state index in [4.69, 9.17) is 0 Å². The number of amides is 1. The topological polar surface area (TPSA) is 87.5 Å². The van der Waals surface area contributed by atoms with E-state index in [-0.39, 0.29) is 17.4 Å². The maximum atomic E-state index is 12.0. The van der Waals surface area contributed by atoms with Gasteiger partial charge in [0.1, 0.15) is 5.75 Å². The predicted molar refractivity (Wildman–Crippen MR) is 129 cm³/mol. The van der Waals surface area contributed by atoms with Crippen LogP contribution >= 0.6 is 34.9 Å². The summed E-state index contributed by atoms with van der Waals surface area (Å²) in [6.45, 7) is 5.74. The van der Waals surface area contributed by atoms with Crippen molar-refractivity contribution in [2.45, 2.75) is 27.8 Å². The number of para-hydroxylation sites is 1. The Hall–Kier alpha value is -2.62. The van der Waals surface area contributed by atoms with Gasteiger partial charge in [0.05, 0.1) is 12.0 Å². The summed E-state index contributed by atoms with van der Waals surface area (Å²) in [5.74, 6) is 0.888. The first kappa shape index (κ1) is 23.1. The van der Waals surface area contributed by atoms with Gasteiger partial charge in [0.15, 0.2) is 8.68 Å². The van der Waals surface area contributed by atoms with Crippen molar-refractivity contribution in [3.63, 3.8) is 0 Å². The number of aryl methyl sites for hydroxylation is 1. The summed E-state index contributed by atoms with van der Waals surface area (Å²) in [6, 6.07) is 13.8. The lowest BCUT2D eigenvalue weighted by Crippen LogP contribution is -2.19. The molecule has 31 heavy (non-hydrogen) atoms. The molecule has 0 radical (unpaired) electrons. The van der Waals surface area contributed by atoms with Crippen molar-refractivity contribution in [1.29, 1.82) is 0 Å². The van der Waals surface area contributed by atoms with Crippen molar-refractivity contribution >= 4 is 47.0 Å². The molecule has 0 unspecified atom stereocenters. The molecule has 0 atom stereocenters. The van der Waals surface area contributed by atoms with Crippen LogP contribution in [0.15, 0.2) is 68.9 Å². The minimum absolute atomic E-state index is 0.138. The molecule has 1 heterocycles. The Morgan fingerprint density at radius 1 is 1.19 bits per heavy atom. The van der Waals surface area contributed by atoms with Gasteiger partial charge in [-0.3, -0.25) is 4.79 Å². The molecule has 160 valence electrons. The monoisotopic (exact) mass is 470 g/mol. The van der Waals surface area contributed by atoms with Crippen molar-refractivity contribution < 1.29 is 9.90 Å². The van der Waals surface area contributed by atoms with Crippen LogP contribution in [-0.2, 0) is 17.0 Å². The van der Waals surface area contributed by atoms with E-state index in [2.05, 4.69) is 58.5 Å². The molecule has 0 saturated carbocycles. The van der Waals surface area contributed by atoms with Gasteiger partial charge in [-0.1, -0.05) is 82.9 Å². The molecule has 0 spiro atoms. The average Bonchev–Trinajstić information content (AvgIpc) is 3.22. The molecule has 1 aromatic heterocycles. The molecular formula is C22H22N4O2S3. The Bertz CT molecular complexity index is 1060. The van der Waals surface area contributed by atoms with Crippen LogP contribution in [0.2, 0.25) is 0 Å². The van der Waals surface area contributed by atoms with Gasteiger partial charge < -0.3 is 5.11 Å². The van der Waals surface area contributed by atoms with Gasteiger partial charge >= 0.3 is 0 Å². The number of benzene rings is 2. The van der Waals surface area contributed by atoms with Crippen LogP contribution in [0.25, 0.3) is 0 Å². The first-order chi connectivity index (χ1) is 15.0. The third-order valence-corrected chi connectivity index (χ3v) is 7.37. The van der Waals surface area contributed by atoms with Crippen molar-refractivity contribution in [3.8, 4) is 5.75 Å². The van der Waals surface area contributed by atoms with Gasteiger partial charge in [-0.05, 0) is 30.5 Å². The van der Waals surface area contributed by atoms with Crippen molar-refractivity contribution in [2.75, 3.05) is 5.75 Å². The van der Waals surface area contributed by atoms with Crippen LogP contribution in [0.1, 0.15) is 22.3 Å². The number of phenolic OH excluding ortho intramolecular Hbond substituents is 1. The molecule has 2 aromatic carbocycles. The highest BCUT2D eigenvalue weighted by Crippen LogP contribution is 2.30. The van der Waals surface area contributed by atoms with E-state index in [1.54, 1.807) is 23.9 Å². The molecule has 0 bridgehead atoms. The number of hydrogen-bond donors (Lipinski definition) is 2. The SMILES string of the molecule is C=CCc1cccc(/C=N/NC(=O)CSc2nnc(SCc3ccc(C)cc3)s2)c1O. The van der Waals surface area contributed by atoms with Gasteiger partial charge in [-0.2, -0.15) is 5.10 Å². The van der Waals surface area contributed by atoms with Crippen molar-refractivity contribution in [1.82, 2.24) is 15.6 Å². The van der Waals surface area contributed by atoms with Crippen LogP contribution < -0.4 is 5.43 Å². The number of carbonyl (C=O) groups is 1. The number of aromatic hydroxyl groups is 1. The van der Waals surface area contributed by atoms with Gasteiger partial charge in [-0.25, -0.2) is 5.43 Å². The fourth-order valence-corrected chi connectivity index (χ4v) is 5.28. The van der Waals surface area contributed by atoms with Gasteiger partial charge in [-0.15, -0.1) is 16.8 Å². The summed E-state index contributed by atoms with van der Waals surface area (Å²) in [7, 11) is 0. The number of nitrogens with one attached hydrogen (secondary N) is 1. The molecule has 0 fully saturated rings. The standard InChI is InChI=1S/C22H22N4O2S3/c1-3-5-17-6-4-7-18(20(17)28)12-23-24-19(27)14-30-22-26-25-21(31-22)29-13-16-10-8-15(2)9-11-16/h3-4,6-12,28H,1,5,13-14H2,2H3,(H,24,27)/b23-12+. The third kappa shape index (κ3) is 7.23. The van der Waals surface area contributed by atoms with Crippen LogP contribution in [0.4, 0.5) is 0 Å². The normalized spacial score (nSPS) is 11.0. The number of nitrogens with zero attached hydrogens (tertiary/aromatic N) is 3. The molecular weight excluding hydrogens is 448 g/mol. The third-order valence-electron chi connectivity index (χ3n) is 4.11. The summed E-state index contributed by atoms with van der Waals surface area (Å²) < 4.78 is 1.61. The van der Waals surface area contributed by atoms with Crippen molar-refractivity contribution in [3.05, 3.63) is 77.4 Å². The van der Waals surface area contributed by atoms with E-state index in [1.807, 2.05) is 12.1 Å². The van der Waals surface area contributed by atoms with E-state index >= 15 is 0 Å². The van der Waals surface area contributed by atoms with E-state index in [0.717, 1.165) is 20.0 Å². The minimum Gasteiger partial charge on any atom is -0.507 e. The van der Waals surface area contributed by atoms with Crippen LogP contribution in [-0.4, -0.2) is 33.2 Å². The van der Waals surface area contributed by atoms with Crippen LogP contribution in [0.3, 0.4) is 0 Å². The lowest BCUT2D eigenvalue weighted by Gasteiger charge is -2.04. The number of hydrazone groups is 1. The molecule has 6 nitrogen and oxygen atoms in total. The highest BCUT2D eigenvalue weighted by Gasteiger charge is 2.09. The van der Waals surface area contributed by atoms with Gasteiger partial charge in [0, 0.05) is 11.3 Å². The Morgan fingerprint density at radius 2 is 1.94 bits per heavy atom. The first-order valence-corrected chi connectivity index (χ1v) is 12.2. The lowest BCUT2D eigenvalue weighted by atomic mass is 10.1. The Balaban J connectivity index is 1.44. The highest BCUT2D eigenvalue weighted by molar-refractivity contribution is 8.03. The zero-order valence-electron chi connectivity index (χ0n) is 16.9. The van der Waals surface area contributed by atoms with E-state index in [1.165, 1.54) is 40.4 Å². The molecule has 0 aliphatic rings. The number of rotatable bonds is 10. The minimum atomic E-state index is -0.257. The average molecular weight is 471 g/mol. The maximum Gasteiger partial charge on any atom is 0.250 e. The van der Waals surface area contributed by atoms with E-state index in [0.29, 0.717) is 12.0 Å². The van der Waals surface area contributed by atoms with Crippen molar-refractivity contribution in [2.24, 2.45) is 5.10 Å². The Kier molecular flexibility index (Phi) is 8.69. The molecule has 0 saturated heterocycles. The molecule has 9 heteroatoms. The number of hydrogen-bond acceptors (Lipinski definition) is 8. The second kappa shape index (κ2) is 11.7. The predicted octanol–water partition coefficient (Wildman–Crippen LogP) is 4.82. The smallest absolute Gasteiger partial charge is 0.250 e.